The van der Waals surface area contributed by atoms with Crippen molar-refractivity contribution in [2.24, 2.45) is 17.8 Å². The lowest BCUT2D eigenvalue weighted by molar-refractivity contribution is -0.163. The fourth-order valence-electron chi connectivity index (χ4n) is 2.38. The minimum atomic E-state index is -0.982. The summed E-state index contributed by atoms with van der Waals surface area (Å²) in [6.45, 7) is 1.76. The number of hydrogen-bond acceptors (Lipinski definition) is 5. The normalized spacial score (nSPS) is 24.6. The Morgan fingerprint density at radius 2 is 1.76 bits per heavy atom. The van der Waals surface area contributed by atoms with Crippen LogP contribution in [-0.2, 0) is 23.9 Å². The van der Waals surface area contributed by atoms with Crippen molar-refractivity contribution in [2.45, 2.75) is 26.2 Å². The van der Waals surface area contributed by atoms with Gasteiger partial charge in [-0.05, 0) is 18.8 Å². The van der Waals surface area contributed by atoms with Gasteiger partial charge >= 0.3 is 11.9 Å². The van der Waals surface area contributed by atoms with Crippen molar-refractivity contribution in [3.8, 4) is 0 Å². The van der Waals surface area contributed by atoms with Gasteiger partial charge in [-0.25, -0.2) is 0 Å². The molecule has 96 valence electrons. The van der Waals surface area contributed by atoms with E-state index in [1.54, 1.807) is 6.92 Å². The maximum absolute atomic E-state index is 11.6. The molecule has 0 saturated heterocycles. The molecule has 0 aromatic rings. The van der Waals surface area contributed by atoms with Crippen molar-refractivity contribution >= 4 is 17.7 Å². The minimum Gasteiger partial charge on any atom is -0.468 e. The van der Waals surface area contributed by atoms with Crippen molar-refractivity contribution in [1.82, 2.24) is 0 Å². The predicted octanol–water partition coefficient (Wildman–Crippen LogP) is 0.954. The molecule has 5 heteroatoms. The molecule has 2 atom stereocenters. The standard InChI is InChI=1S/C12H18O5/c1-7-8(5-4-6-9(7)13)10(11(14)16-2)12(15)17-3/h7-8,10H,4-6H2,1-3H3. The van der Waals surface area contributed by atoms with E-state index in [9.17, 15) is 14.4 Å². The summed E-state index contributed by atoms with van der Waals surface area (Å²) in [5.41, 5.74) is 0. The number of hydrogen-bond donors (Lipinski definition) is 0. The van der Waals surface area contributed by atoms with Crippen molar-refractivity contribution in [2.75, 3.05) is 14.2 Å². The Morgan fingerprint density at radius 1 is 1.24 bits per heavy atom. The molecular weight excluding hydrogens is 224 g/mol. The summed E-state index contributed by atoms with van der Waals surface area (Å²) in [7, 11) is 2.46. The highest BCUT2D eigenvalue weighted by atomic mass is 16.5. The summed E-state index contributed by atoms with van der Waals surface area (Å²) >= 11 is 0. The first-order valence-corrected chi connectivity index (χ1v) is 5.71. The first-order valence-electron chi connectivity index (χ1n) is 5.71. The van der Waals surface area contributed by atoms with Crippen LogP contribution in [0.3, 0.4) is 0 Å². The van der Waals surface area contributed by atoms with Crippen molar-refractivity contribution in [3.63, 3.8) is 0 Å². The Kier molecular flexibility index (Phi) is 4.66. The summed E-state index contributed by atoms with van der Waals surface area (Å²) in [5.74, 6) is -2.74. The molecule has 1 fully saturated rings. The van der Waals surface area contributed by atoms with Crippen molar-refractivity contribution in [1.29, 1.82) is 0 Å². The van der Waals surface area contributed by atoms with Crippen LogP contribution in [0.4, 0.5) is 0 Å². The summed E-state index contributed by atoms with van der Waals surface area (Å²) in [6, 6.07) is 0. The van der Waals surface area contributed by atoms with Gasteiger partial charge in [0, 0.05) is 12.3 Å². The van der Waals surface area contributed by atoms with Gasteiger partial charge in [0.2, 0.25) is 0 Å². The molecule has 0 amide bonds. The fourth-order valence-corrected chi connectivity index (χ4v) is 2.38. The van der Waals surface area contributed by atoms with E-state index in [-0.39, 0.29) is 17.6 Å². The molecule has 0 spiro atoms. The van der Waals surface area contributed by atoms with E-state index >= 15 is 0 Å². The minimum absolute atomic E-state index is 0.0963. The zero-order chi connectivity index (χ0) is 13.0. The van der Waals surface area contributed by atoms with Gasteiger partial charge in [-0.3, -0.25) is 14.4 Å². The smallest absolute Gasteiger partial charge is 0.320 e. The third kappa shape index (κ3) is 2.84. The van der Waals surface area contributed by atoms with Gasteiger partial charge < -0.3 is 9.47 Å². The van der Waals surface area contributed by atoms with E-state index in [1.807, 2.05) is 0 Å². The molecule has 2 unspecified atom stereocenters. The van der Waals surface area contributed by atoms with Crippen LogP contribution >= 0.6 is 0 Å². The van der Waals surface area contributed by atoms with Gasteiger partial charge in [-0.2, -0.15) is 0 Å². The number of methoxy groups -OCH3 is 2. The average Bonchev–Trinajstić information content (AvgIpc) is 2.34. The molecule has 0 aromatic heterocycles. The van der Waals surface area contributed by atoms with E-state index < -0.39 is 17.9 Å². The van der Waals surface area contributed by atoms with Crippen molar-refractivity contribution < 1.29 is 23.9 Å². The lowest BCUT2D eigenvalue weighted by Crippen LogP contribution is -2.40. The maximum Gasteiger partial charge on any atom is 0.320 e. The van der Waals surface area contributed by atoms with Crippen molar-refractivity contribution in [3.05, 3.63) is 0 Å². The van der Waals surface area contributed by atoms with Crippen LogP contribution in [0.25, 0.3) is 0 Å². The van der Waals surface area contributed by atoms with Crippen LogP contribution in [0.1, 0.15) is 26.2 Å². The SMILES string of the molecule is COC(=O)C(C(=O)OC)C1CCCC(=O)C1C. The Bertz CT molecular complexity index is 307. The summed E-state index contributed by atoms with van der Waals surface area (Å²) < 4.78 is 9.24. The first kappa shape index (κ1) is 13.7. The number of carbonyl (C=O) groups is 3. The zero-order valence-electron chi connectivity index (χ0n) is 10.4. The van der Waals surface area contributed by atoms with E-state index in [0.29, 0.717) is 19.3 Å². The Morgan fingerprint density at radius 3 is 2.24 bits per heavy atom. The van der Waals surface area contributed by atoms with E-state index in [0.717, 1.165) is 0 Å². The van der Waals surface area contributed by atoms with Crippen LogP contribution < -0.4 is 0 Å². The molecule has 0 N–H and O–H groups in total. The van der Waals surface area contributed by atoms with Crippen LogP contribution in [0.2, 0.25) is 0 Å². The molecule has 0 aromatic carbocycles. The predicted molar refractivity (Wildman–Crippen MR) is 59.0 cm³/mol. The number of Topliss-reactive ketones (excluding diaryl/α,β-unsaturated/α-hetero) is 1. The quantitative estimate of drug-likeness (QED) is 0.544. The molecule has 0 radical (unpaired) electrons. The van der Waals surface area contributed by atoms with E-state index in [2.05, 4.69) is 9.47 Å². The number of carbonyl (C=O) groups excluding carboxylic acids is 3. The monoisotopic (exact) mass is 242 g/mol. The average molecular weight is 242 g/mol. The number of ether oxygens (including phenoxy) is 2. The summed E-state index contributed by atoms with van der Waals surface area (Å²) in [6.07, 6.45) is 1.90. The van der Waals surface area contributed by atoms with E-state index in [1.165, 1.54) is 14.2 Å². The maximum atomic E-state index is 11.6. The summed E-state index contributed by atoms with van der Waals surface area (Å²) in [5, 5.41) is 0. The van der Waals surface area contributed by atoms with E-state index in [4.69, 9.17) is 0 Å². The molecule has 1 aliphatic rings. The van der Waals surface area contributed by atoms with Crippen LogP contribution in [-0.4, -0.2) is 31.9 Å². The second-order valence-corrected chi connectivity index (χ2v) is 4.34. The van der Waals surface area contributed by atoms with Gasteiger partial charge in [0.25, 0.3) is 0 Å². The highest BCUT2D eigenvalue weighted by molar-refractivity contribution is 5.96. The van der Waals surface area contributed by atoms with Gasteiger partial charge in [-0.1, -0.05) is 6.92 Å². The molecule has 1 aliphatic carbocycles. The highest BCUT2D eigenvalue weighted by Crippen LogP contribution is 2.34. The molecular formula is C12H18O5. The Hall–Kier alpha value is -1.39. The van der Waals surface area contributed by atoms with Gasteiger partial charge in [0.15, 0.2) is 5.92 Å². The Balaban J connectivity index is 2.92. The molecule has 17 heavy (non-hydrogen) atoms. The largest absolute Gasteiger partial charge is 0.468 e. The lowest BCUT2D eigenvalue weighted by atomic mass is 9.72. The molecule has 5 nitrogen and oxygen atoms in total. The molecule has 1 rings (SSSR count). The topological polar surface area (TPSA) is 69.7 Å². The molecule has 0 heterocycles. The van der Waals surface area contributed by atoms with Gasteiger partial charge in [-0.15, -0.1) is 0 Å². The number of esters is 2. The third-order valence-electron chi connectivity index (χ3n) is 3.45. The van der Waals surface area contributed by atoms with Gasteiger partial charge in [0.1, 0.15) is 5.78 Å². The number of rotatable bonds is 3. The third-order valence-corrected chi connectivity index (χ3v) is 3.45. The Labute approximate surface area is 100 Å². The van der Waals surface area contributed by atoms with Crippen LogP contribution in [0.5, 0.6) is 0 Å². The lowest BCUT2D eigenvalue weighted by Gasteiger charge is -2.31. The van der Waals surface area contributed by atoms with Gasteiger partial charge in [0.05, 0.1) is 14.2 Å². The second kappa shape index (κ2) is 5.80. The molecule has 0 bridgehead atoms. The number of ketones is 1. The molecule has 0 aliphatic heterocycles. The zero-order valence-corrected chi connectivity index (χ0v) is 10.4. The van der Waals surface area contributed by atoms with Crippen LogP contribution in [0.15, 0.2) is 0 Å². The highest BCUT2D eigenvalue weighted by Gasteiger charge is 2.43. The second-order valence-electron chi connectivity index (χ2n) is 4.34. The summed E-state index contributed by atoms with van der Waals surface area (Å²) in [4.78, 5) is 34.9. The molecule has 1 saturated carbocycles. The first-order chi connectivity index (χ1) is 8.02. The fraction of sp³-hybridized carbons (Fsp3) is 0.750. The van der Waals surface area contributed by atoms with Crippen LogP contribution in [0, 0.1) is 17.8 Å².